The number of hydrogen-bond donors (Lipinski definition) is 0. The molecule has 0 saturated heterocycles. The molecule has 2 aromatic carbocycles. The Morgan fingerprint density at radius 2 is 1.65 bits per heavy atom. The van der Waals surface area contributed by atoms with Gasteiger partial charge < -0.3 is 0 Å². The molecule has 1 fully saturated rings. The van der Waals surface area contributed by atoms with Crippen molar-refractivity contribution in [2.75, 3.05) is 6.26 Å². The molecule has 1 saturated carbocycles. The molecule has 0 spiro atoms. The van der Waals surface area contributed by atoms with Crippen LogP contribution in [0.4, 0.5) is 0 Å². The third-order valence-electron chi connectivity index (χ3n) is 4.10. The molecule has 1 nitrogen and oxygen atoms in total. The van der Waals surface area contributed by atoms with Gasteiger partial charge in [0.2, 0.25) is 0 Å². The monoisotopic (exact) mass is 282 g/mol. The molecular weight excluding hydrogens is 264 g/mol. The van der Waals surface area contributed by atoms with Crippen LogP contribution in [0.2, 0.25) is 0 Å². The van der Waals surface area contributed by atoms with Gasteiger partial charge in [0, 0.05) is 16.0 Å². The number of hydrogen-bond acceptors (Lipinski definition) is 2. The Balaban J connectivity index is 2.02. The fourth-order valence-electron chi connectivity index (χ4n) is 2.76. The van der Waals surface area contributed by atoms with Crippen LogP contribution in [0.25, 0.3) is 0 Å². The second kappa shape index (κ2) is 5.84. The van der Waals surface area contributed by atoms with Crippen molar-refractivity contribution < 1.29 is 4.79 Å². The molecule has 0 aliphatic heterocycles. The van der Waals surface area contributed by atoms with E-state index >= 15 is 0 Å². The maximum atomic E-state index is 12.9. The molecule has 0 unspecified atom stereocenters. The largest absolute Gasteiger partial charge is 0.289 e. The molecule has 0 radical (unpaired) electrons. The van der Waals surface area contributed by atoms with Gasteiger partial charge in [-0.2, -0.15) is 0 Å². The van der Waals surface area contributed by atoms with Crippen molar-refractivity contribution in [1.29, 1.82) is 0 Å². The van der Waals surface area contributed by atoms with E-state index in [1.165, 1.54) is 24.8 Å². The SMILES string of the molecule is CSc1ccccc1C(=O)c1ccccc1C1CCC1. The Hall–Kier alpha value is -1.54. The molecule has 0 amide bonds. The summed E-state index contributed by atoms with van der Waals surface area (Å²) in [6.45, 7) is 0. The van der Waals surface area contributed by atoms with Crippen LogP contribution >= 0.6 is 11.8 Å². The molecular formula is C18H18OS. The molecule has 2 heteroatoms. The Morgan fingerprint density at radius 1 is 1.00 bits per heavy atom. The van der Waals surface area contributed by atoms with Crippen LogP contribution < -0.4 is 0 Å². The van der Waals surface area contributed by atoms with E-state index in [9.17, 15) is 4.79 Å². The van der Waals surface area contributed by atoms with Gasteiger partial charge in [-0.05, 0) is 42.7 Å². The minimum Gasteiger partial charge on any atom is -0.289 e. The van der Waals surface area contributed by atoms with Crippen LogP contribution in [-0.4, -0.2) is 12.0 Å². The lowest BCUT2D eigenvalue weighted by molar-refractivity contribution is 0.103. The molecule has 1 aliphatic rings. The number of thioether (sulfide) groups is 1. The van der Waals surface area contributed by atoms with Crippen LogP contribution in [0, 0.1) is 0 Å². The minimum absolute atomic E-state index is 0.164. The van der Waals surface area contributed by atoms with E-state index in [2.05, 4.69) is 6.07 Å². The number of benzene rings is 2. The van der Waals surface area contributed by atoms with Gasteiger partial charge in [-0.1, -0.05) is 42.8 Å². The normalized spacial score (nSPS) is 14.8. The molecule has 2 aromatic rings. The average Bonchev–Trinajstić information content (AvgIpc) is 2.45. The highest BCUT2D eigenvalue weighted by molar-refractivity contribution is 7.98. The molecule has 0 bridgehead atoms. The maximum Gasteiger partial charge on any atom is 0.194 e. The Bertz CT molecular complexity index is 629. The molecule has 0 N–H and O–H groups in total. The number of carbonyl (C=O) groups is 1. The zero-order valence-corrected chi connectivity index (χ0v) is 12.5. The van der Waals surface area contributed by atoms with Crippen LogP contribution in [-0.2, 0) is 0 Å². The summed E-state index contributed by atoms with van der Waals surface area (Å²) < 4.78 is 0. The van der Waals surface area contributed by atoms with Crippen LogP contribution in [0.15, 0.2) is 53.4 Å². The lowest BCUT2D eigenvalue weighted by atomic mass is 9.77. The third-order valence-corrected chi connectivity index (χ3v) is 4.90. The first kappa shape index (κ1) is 13.4. The van der Waals surface area contributed by atoms with Gasteiger partial charge in [-0.25, -0.2) is 0 Å². The van der Waals surface area contributed by atoms with Gasteiger partial charge >= 0.3 is 0 Å². The van der Waals surface area contributed by atoms with Gasteiger partial charge in [0.1, 0.15) is 0 Å². The van der Waals surface area contributed by atoms with Crippen molar-refractivity contribution in [3.63, 3.8) is 0 Å². The van der Waals surface area contributed by atoms with Gasteiger partial charge in [0.25, 0.3) is 0 Å². The van der Waals surface area contributed by atoms with Gasteiger partial charge in [0.15, 0.2) is 5.78 Å². The smallest absolute Gasteiger partial charge is 0.194 e. The summed E-state index contributed by atoms with van der Waals surface area (Å²) in [4.78, 5) is 13.9. The van der Waals surface area contributed by atoms with Crippen LogP contribution in [0.1, 0.15) is 46.7 Å². The summed E-state index contributed by atoms with van der Waals surface area (Å²) in [6, 6.07) is 16.0. The number of ketones is 1. The van der Waals surface area contributed by atoms with Gasteiger partial charge in [-0.3, -0.25) is 4.79 Å². The second-order valence-electron chi connectivity index (χ2n) is 5.24. The summed E-state index contributed by atoms with van der Waals surface area (Å²) in [5.41, 5.74) is 2.95. The fourth-order valence-corrected chi connectivity index (χ4v) is 3.35. The van der Waals surface area contributed by atoms with Crippen molar-refractivity contribution in [2.24, 2.45) is 0 Å². The summed E-state index contributed by atoms with van der Waals surface area (Å²) in [5, 5.41) is 0. The first-order chi connectivity index (χ1) is 9.81. The highest BCUT2D eigenvalue weighted by Gasteiger charge is 2.25. The van der Waals surface area contributed by atoms with Gasteiger partial charge in [-0.15, -0.1) is 11.8 Å². The molecule has 0 aromatic heterocycles. The Labute approximate surface area is 124 Å². The summed E-state index contributed by atoms with van der Waals surface area (Å²) in [6.07, 6.45) is 5.74. The lowest BCUT2D eigenvalue weighted by Crippen LogP contribution is -2.14. The molecule has 3 rings (SSSR count). The zero-order chi connectivity index (χ0) is 13.9. The summed E-state index contributed by atoms with van der Waals surface area (Å²) in [5.74, 6) is 0.744. The first-order valence-corrected chi connectivity index (χ1v) is 8.30. The molecule has 0 atom stereocenters. The van der Waals surface area contributed by atoms with Crippen molar-refractivity contribution in [2.45, 2.75) is 30.1 Å². The zero-order valence-electron chi connectivity index (χ0n) is 11.6. The predicted molar refractivity (Wildman–Crippen MR) is 84.7 cm³/mol. The minimum atomic E-state index is 0.164. The third kappa shape index (κ3) is 2.40. The average molecular weight is 282 g/mol. The fraction of sp³-hybridized carbons (Fsp3) is 0.278. The van der Waals surface area contributed by atoms with Crippen LogP contribution in [0.3, 0.4) is 0 Å². The van der Waals surface area contributed by atoms with E-state index in [0.717, 1.165) is 16.0 Å². The Kier molecular flexibility index (Phi) is 3.93. The van der Waals surface area contributed by atoms with Crippen molar-refractivity contribution in [3.05, 3.63) is 65.2 Å². The first-order valence-electron chi connectivity index (χ1n) is 7.08. The number of carbonyl (C=O) groups excluding carboxylic acids is 1. The Morgan fingerprint density at radius 3 is 2.30 bits per heavy atom. The maximum absolute atomic E-state index is 12.9. The van der Waals surface area contributed by atoms with E-state index in [0.29, 0.717) is 5.92 Å². The van der Waals surface area contributed by atoms with E-state index in [-0.39, 0.29) is 5.78 Å². The highest BCUT2D eigenvalue weighted by Crippen LogP contribution is 2.38. The lowest BCUT2D eigenvalue weighted by Gasteiger charge is -2.27. The van der Waals surface area contributed by atoms with Gasteiger partial charge in [0.05, 0.1) is 0 Å². The molecule has 20 heavy (non-hydrogen) atoms. The van der Waals surface area contributed by atoms with Crippen LogP contribution in [0.5, 0.6) is 0 Å². The van der Waals surface area contributed by atoms with Crippen molar-refractivity contribution in [3.8, 4) is 0 Å². The second-order valence-corrected chi connectivity index (χ2v) is 6.09. The van der Waals surface area contributed by atoms with E-state index in [4.69, 9.17) is 0 Å². The number of rotatable bonds is 4. The van der Waals surface area contributed by atoms with E-state index < -0.39 is 0 Å². The topological polar surface area (TPSA) is 17.1 Å². The molecule has 0 heterocycles. The van der Waals surface area contributed by atoms with E-state index in [1.807, 2.05) is 48.7 Å². The summed E-state index contributed by atoms with van der Waals surface area (Å²) in [7, 11) is 0. The van der Waals surface area contributed by atoms with Crippen molar-refractivity contribution in [1.82, 2.24) is 0 Å². The van der Waals surface area contributed by atoms with Crippen molar-refractivity contribution >= 4 is 17.5 Å². The summed E-state index contributed by atoms with van der Waals surface area (Å²) >= 11 is 1.63. The molecule has 1 aliphatic carbocycles. The van der Waals surface area contributed by atoms with E-state index in [1.54, 1.807) is 11.8 Å². The quantitative estimate of drug-likeness (QED) is 0.585. The predicted octanol–water partition coefficient (Wildman–Crippen LogP) is 4.91. The standard InChI is InChI=1S/C18H18OS/c1-20-17-12-5-4-11-16(17)18(19)15-10-3-2-9-14(15)13-7-6-8-13/h2-5,9-13H,6-8H2,1H3. The molecule has 102 valence electrons. The highest BCUT2D eigenvalue weighted by atomic mass is 32.2.